The quantitative estimate of drug-likeness (QED) is 0.656. The number of allylic oxidation sites excluding steroid dienone is 4. The highest BCUT2D eigenvalue weighted by atomic mass is 35.5. The van der Waals surface area contributed by atoms with E-state index in [0.717, 1.165) is 19.0 Å². The highest BCUT2D eigenvalue weighted by molar-refractivity contribution is 7.80. The first-order chi connectivity index (χ1) is 10.7. The van der Waals surface area contributed by atoms with Crippen LogP contribution < -0.4 is 5.32 Å². The van der Waals surface area contributed by atoms with E-state index in [9.17, 15) is 0 Å². The number of piperidine rings is 1. The van der Waals surface area contributed by atoms with E-state index in [1.807, 2.05) is 0 Å². The molecule has 3 atom stereocenters. The topological polar surface area (TPSA) is 21.3 Å². The Morgan fingerprint density at radius 1 is 1.27 bits per heavy atom. The van der Waals surface area contributed by atoms with Gasteiger partial charge in [-0.3, -0.25) is 0 Å². The molecule has 4 rings (SSSR count). The van der Waals surface area contributed by atoms with E-state index >= 15 is 0 Å². The Labute approximate surface area is 146 Å². The average Bonchev–Trinajstić information content (AvgIpc) is 2.92. The maximum absolute atomic E-state index is 5.92. The van der Waals surface area contributed by atoms with Crippen LogP contribution in [-0.4, -0.2) is 19.2 Å². The van der Waals surface area contributed by atoms with E-state index in [-0.39, 0.29) is 0 Å². The monoisotopic (exact) mass is 355 g/mol. The molecule has 118 valence electrons. The summed E-state index contributed by atoms with van der Waals surface area (Å²) in [6.07, 6.45) is 9.45. The van der Waals surface area contributed by atoms with Gasteiger partial charge in [0.05, 0.1) is 10.0 Å². The van der Waals surface area contributed by atoms with Gasteiger partial charge in [0, 0.05) is 23.3 Å². The molecule has 0 aromatic heterocycles. The van der Waals surface area contributed by atoms with Gasteiger partial charge in [0.1, 0.15) is 11.9 Å². The number of fused-ring (bicyclic) bond motifs is 3. The SMILES string of the molecule is C1=CCC2C(=C1)OC1CNCCC12.Sc1cccc(Cl)c1Cl. The molecule has 2 aliphatic heterocycles. The van der Waals surface area contributed by atoms with Gasteiger partial charge in [0.2, 0.25) is 0 Å². The van der Waals surface area contributed by atoms with Crippen molar-refractivity contribution in [2.24, 2.45) is 11.8 Å². The lowest BCUT2D eigenvalue weighted by atomic mass is 9.81. The first-order valence-corrected chi connectivity index (χ1v) is 8.74. The van der Waals surface area contributed by atoms with Crippen molar-refractivity contribution >= 4 is 35.8 Å². The molecule has 0 radical (unpaired) electrons. The van der Waals surface area contributed by atoms with Crippen molar-refractivity contribution in [1.29, 1.82) is 0 Å². The van der Waals surface area contributed by atoms with Gasteiger partial charge >= 0.3 is 0 Å². The fourth-order valence-electron chi connectivity index (χ4n) is 3.25. The van der Waals surface area contributed by atoms with Gasteiger partial charge in [-0.2, -0.15) is 0 Å². The molecule has 0 spiro atoms. The minimum atomic E-state index is 0.449. The lowest BCUT2D eigenvalue weighted by Crippen LogP contribution is -2.39. The van der Waals surface area contributed by atoms with Crippen molar-refractivity contribution < 1.29 is 4.74 Å². The van der Waals surface area contributed by atoms with E-state index in [4.69, 9.17) is 27.9 Å². The van der Waals surface area contributed by atoms with Crippen LogP contribution in [0.25, 0.3) is 0 Å². The predicted octanol–water partition coefficient (Wildman–Crippen LogP) is 4.74. The summed E-state index contributed by atoms with van der Waals surface area (Å²) in [5.41, 5.74) is 0. The molecule has 0 amide bonds. The first kappa shape index (κ1) is 16.3. The molecule has 0 saturated carbocycles. The molecule has 5 heteroatoms. The molecule has 2 fully saturated rings. The van der Waals surface area contributed by atoms with Crippen molar-refractivity contribution in [3.05, 3.63) is 52.2 Å². The Kier molecular flexibility index (Phi) is 5.40. The predicted molar refractivity (Wildman–Crippen MR) is 94.9 cm³/mol. The summed E-state index contributed by atoms with van der Waals surface area (Å²) >= 11 is 15.4. The number of halogens is 2. The Bertz CT molecular complexity index is 582. The van der Waals surface area contributed by atoms with Crippen molar-refractivity contribution in [2.75, 3.05) is 13.1 Å². The third-order valence-electron chi connectivity index (χ3n) is 4.37. The number of hydrogen-bond acceptors (Lipinski definition) is 3. The van der Waals surface area contributed by atoms with Crippen LogP contribution in [0.4, 0.5) is 0 Å². The molecule has 3 unspecified atom stereocenters. The molecule has 1 aromatic rings. The first-order valence-electron chi connectivity index (χ1n) is 7.54. The molecule has 0 bridgehead atoms. The minimum Gasteiger partial charge on any atom is -0.493 e. The van der Waals surface area contributed by atoms with Gasteiger partial charge in [0.25, 0.3) is 0 Å². The Morgan fingerprint density at radius 2 is 2.14 bits per heavy atom. The Hall–Kier alpha value is -0.610. The van der Waals surface area contributed by atoms with Crippen LogP contribution >= 0.6 is 35.8 Å². The number of thiol groups is 1. The highest BCUT2D eigenvalue weighted by Gasteiger charge is 2.42. The van der Waals surface area contributed by atoms with Crippen molar-refractivity contribution in [3.63, 3.8) is 0 Å². The van der Waals surface area contributed by atoms with Gasteiger partial charge in [-0.15, -0.1) is 12.6 Å². The van der Waals surface area contributed by atoms with Crippen molar-refractivity contribution in [1.82, 2.24) is 5.32 Å². The zero-order valence-electron chi connectivity index (χ0n) is 12.1. The second kappa shape index (κ2) is 7.31. The van der Waals surface area contributed by atoms with E-state index < -0.39 is 0 Å². The fraction of sp³-hybridized carbons (Fsp3) is 0.412. The lowest BCUT2D eigenvalue weighted by molar-refractivity contribution is 0.108. The van der Waals surface area contributed by atoms with Gasteiger partial charge < -0.3 is 10.1 Å². The minimum absolute atomic E-state index is 0.449. The number of benzene rings is 1. The third kappa shape index (κ3) is 3.48. The van der Waals surface area contributed by atoms with Crippen LogP contribution in [0.3, 0.4) is 0 Å². The fourth-order valence-corrected chi connectivity index (χ4v) is 3.82. The molecular formula is C17H19Cl2NOS. The molecule has 1 aromatic carbocycles. The molecule has 1 aliphatic carbocycles. The molecular weight excluding hydrogens is 337 g/mol. The van der Waals surface area contributed by atoms with Gasteiger partial charge in [-0.1, -0.05) is 41.4 Å². The Balaban J connectivity index is 0.000000142. The summed E-state index contributed by atoms with van der Waals surface area (Å²) in [5.74, 6) is 2.70. The van der Waals surface area contributed by atoms with Gasteiger partial charge in [-0.25, -0.2) is 0 Å². The van der Waals surface area contributed by atoms with Crippen LogP contribution in [0.1, 0.15) is 12.8 Å². The molecule has 2 saturated heterocycles. The highest BCUT2D eigenvalue weighted by Crippen LogP contribution is 2.42. The van der Waals surface area contributed by atoms with Crippen molar-refractivity contribution in [3.8, 4) is 0 Å². The Morgan fingerprint density at radius 3 is 2.91 bits per heavy atom. The van der Waals surface area contributed by atoms with E-state index in [0.29, 0.717) is 27.0 Å². The standard InChI is InChI=1S/C11H15NO.C6H4Cl2S/c1-2-4-10-8(3-1)9-5-6-12-7-11(9)13-10;7-4-2-1-3-5(9)6(4)8/h1-2,4,8-9,11-12H,3,5-7H2;1-3,9H. The lowest BCUT2D eigenvalue weighted by Gasteiger charge is -2.26. The zero-order valence-corrected chi connectivity index (χ0v) is 14.5. The normalized spacial score (nSPS) is 28.7. The maximum atomic E-state index is 5.92. The molecule has 22 heavy (non-hydrogen) atoms. The van der Waals surface area contributed by atoms with Gasteiger partial charge in [0.15, 0.2) is 0 Å². The molecule has 2 heterocycles. The average molecular weight is 356 g/mol. The van der Waals surface area contributed by atoms with Crippen LogP contribution in [0.15, 0.2) is 47.1 Å². The molecule has 1 N–H and O–H groups in total. The number of rotatable bonds is 0. The maximum Gasteiger partial charge on any atom is 0.114 e. The van der Waals surface area contributed by atoms with Crippen LogP contribution in [0, 0.1) is 11.8 Å². The second-order valence-electron chi connectivity index (χ2n) is 5.73. The van der Waals surface area contributed by atoms with E-state index in [2.05, 4.69) is 36.2 Å². The van der Waals surface area contributed by atoms with Gasteiger partial charge in [-0.05, 0) is 37.6 Å². The summed E-state index contributed by atoms with van der Waals surface area (Å²) in [7, 11) is 0. The summed E-state index contributed by atoms with van der Waals surface area (Å²) in [6.45, 7) is 2.20. The van der Waals surface area contributed by atoms with E-state index in [1.54, 1.807) is 18.2 Å². The largest absolute Gasteiger partial charge is 0.493 e. The number of ether oxygens (including phenoxy) is 1. The molecule has 3 aliphatic rings. The van der Waals surface area contributed by atoms with Crippen molar-refractivity contribution in [2.45, 2.75) is 23.8 Å². The zero-order chi connectivity index (χ0) is 15.5. The summed E-state index contributed by atoms with van der Waals surface area (Å²) in [6, 6.07) is 5.32. The number of hydrogen-bond donors (Lipinski definition) is 2. The molecule has 2 nitrogen and oxygen atoms in total. The summed E-state index contributed by atoms with van der Waals surface area (Å²) in [4.78, 5) is 0.712. The number of nitrogens with one attached hydrogen (secondary N) is 1. The summed E-state index contributed by atoms with van der Waals surface area (Å²) < 4.78 is 5.92. The smallest absolute Gasteiger partial charge is 0.114 e. The van der Waals surface area contributed by atoms with Crippen LogP contribution in [-0.2, 0) is 4.74 Å². The van der Waals surface area contributed by atoms with Crippen LogP contribution in [0.5, 0.6) is 0 Å². The third-order valence-corrected chi connectivity index (χ3v) is 5.69. The second-order valence-corrected chi connectivity index (χ2v) is 6.99. The van der Waals surface area contributed by atoms with Crippen LogP contribution in [0.2, 0.25) is 10.0 Å². The van der Waals surface area contributed by atoms with E-state index in [1.165, 1.54) is 18.6 Å². The summed E-state index contributed by atoms with van der Waals surface area (Å²) in [5, 5.41) is 4.45.